The second-order valence-electron chi connectivity index (χ2n) is 5.28. The van der Waals surface area contributed by atoms with Crippen LogP contribution >= 0.6 is 0 Å². The van der Waals surface area contributed by atoms with Gasteiger partial charge in [0.15, 0.2) is 11.6 Å². The highest BCUT2D eigenvalue weighted by Crippen LogP contribution is 2.23. The van der Waals surface area contributed by atoms with Gasteiger partial charge in [0, 0.05) is 18.3 Å². The Morgan fingerprint density at radius 1 is 1.29 bits per heavy atom. The predicted molar refractivity (Wildman–Crippen MR) is 83.5 cm³/mol. The fourth-order valence-corrected chi connectivity index (χ4v) is 2.23. The molecule has 2 N–H and O–H groups in total. The third kappa shape index (κ3) is 3.48. The second kappa shape index (κ2) is 6.52. The van der Waals surface area contributed by atoms with E-state index in [2.05, 4.69) is 9.97 Å². The third-order valence-electron chi connectivity index (χ3n) is 3.38. The maximum Gasteiger partial charge on any atom is 0.187 e. The second-order valence-corrected chi connectivity index (χ2v) is 5.28. The Morgan fingerprint density at radius 3 is 2.67 bits per heavy atom. The SMILES string of the molecule is CCc1ncnc(N(Cc2cccc(N)c2)C(C)C)c1F. The molecule has 0 fully saturated rings. The van der Waals surface area contributed by atoms with Crippen LogP contribution in [0.15, 0.2) is 30.6 Å². The molecule has 4 nitrogen and oxygen atoms in total. The molecule has 0 unspecified atom stereocenters. The zero-order valence-corrected chi connectivity index (χ0v) is 12.7. The highest BCUT2D eigenvalue weighted by Gasteiger charge is 2.19. The Hall–Kier alpha value is -2.17. The van der Waals surface area contributed by atoms with Crippen LogP contribution in [0.1, 0.15) is 32.0 Å². The molecule has 2 aromatic rings. The summed E-state index contributed by atoms with van der Waals surface area (Å²) in [6.07, 6.45) is 1.97. The highest BCUT2D eigenvalue weighted by atomic mass is 19.1. The number of nitrogen functional groups attached to an aromatic ring is 1. The van der Waals surface area contributed by atoms with E-state index in [-0.39, 0.29) is 11.9 Å². The van der Waals surface area contributed by atoms with Gasteiger partial charge in [-0.3, -0.25) is 0 Å². The summed E-state index contributed by atoms with van der Waals surface area (Å²) in [6.45, 7) is 6.46. The van der Waals surface area contributed by atoms with E-state index in [1.165, 1.54) is 6.33 Å². The molecule has 2 rings (SSSR count). The number of halogens is 1. The molecule has 0 aliphatic rings. The predicted octanol–water partition coefficient (Wildman–Crippen LogP) is 3.18. The Morgan fingerprint density at radius 2 is 2.05 bits per heavy atom. The van der Waals surface area contributed by atoms with E-state index < -0.39 is 0 Å². The summed E-state index contributed by atoms with van der Waals surface area (Å²) in [7, 11) is 0. The van der Waals surface area contributed by atoms with Crippen molar-refractivity contribution in [2.75, 3.05) is 10.6 Å². The molecular formula is C16H21FN4. The molecule has 0 saturated heterocycles. The van der Waals surface area contributed by atoms with Gasteiger partial charge in [0.1, 0.15) is 6.33 Å². The van der Waals surface area contributed by atoms with Crippen LogP contribution in [-0.4, -0.2) is 16.0 Å². The minimum absolute atomic E-state index is 0.112. The largest absolute Gasteiger partial charge is 0.399 e. The van der Waals surface area contributed by atoms with Gasteiger partial charge in [-0.15, -0.1) is 0 Å². The van der Waals surface area contributed by atoms with E-state index in [4.69, 9.17) is 5.73 Å². The molecule has 0 atom stereocenters. The summed E-state index contributed by atoms with van der Waals surface area (Å²) in [6, 6.07) is 7.72. The molecular weight excluding hydrogens is 267 g/mol. The van der Waals surface area contributed by atoms with Gasteiger partial charge in [0.05, 0.1) is 5.69 Å². The van der Waals surface area contributed by atoms with E-state index >= 15 is 0 Å². The molecule has 0 aliphatic carbocycles. The fourth-order valence-electron chi connectivity index (χ4n) is 2.23. The van der Waals surface area contributed by atoms with E-state index in [0.717, 1.165) is 5.56 Å². The molecule has 1 heterocycles. The number of aryl methyl sites for hydroxylation is 1. The number of anilines is 2. The molecule has 1 aromatic carbocycles. The Kier molecular flexibility index (Phi) is 4.73. The fraction of sp³-hybridized carbons (Fsp3) is 0.375. The molecule has 0 aliphatic heterocycles. The highest BCUT2D eigenvalue weighted by molar-refractivity contribution is 5.46. The molecule has 0 bridgehead atoms. The molecule has 0 spiro atoms. The Balaban J connectivity index is 2.36. The summed E-state index contributed by atoms with van der Waals surface area (Å²) in [5.74, 6) is 0.0110. The first kappa shape index (κ1) is 15.2. The van der Waals surface area contributed by atoms with E-state index in [9.17, 15) is 4.39 Å². The van der Waals surface area contributed by atoms with Crippen molar-refractivity contribution in [3.8, 4) is 0 Å². The van der Waals surface area contributed by atoms with Gasteiger partial charge in [-0.1, -0.05) is 19.1 Å². The van der Waals surface area contributed by atoms with Crippen molar-refractivity contribution in [2.45, 2.75) is 39.8 Å². The summed E-state index contributed by atoms with van der Waals surface area (Å²) < 4.78 is 14.5. The van der Waals surface area contributed by atoms with Gasteiger partial charge < -0.3 is 10.6 Å². The standard InChI is InChI=1S/C16H21FN4/c1-4-14-15(17)16(20-10-19-14)21(11(2)3)9-12-6-5-7-13(18)8-12/h5-8,10-11H,4,9,18H2,1-3H3. The average molecular weight is 288 g/mol. The lowest BCUT2D eigenvalue weighted by Gasteiger charge is -2.28. The molecule has 1 aromatic heterocycles. The Labute approximate surface area is 124 Å². The number of rotatable bonds is 5. The van der Waals surface area contributed by atoms with Gasteiger partial charge in [-0.2, -0.15) is 0 Å². The molecule has 112 valence electrons. The lowest BCUT2D eigenvalue weighted by Crippen LogP contribution is -2.32. The Bertz CT molecular complexity index is 613. The number of benzene rings is 1. The van der Waals surface area contributed by atoms with Crippen LogP contribution in [0.5, 0.6) is 0 Å². The maximum atomic E-state index is 14.5. The summed E-state index contributed by atoms with van der Waals surface area (Å²) >= 11 is 0. The lowest BCUT2D eigenvalue weighted by molar-refractivity contribution is 0.567. The van der Waals surface area contributed by atoms with Crippen molar-refractivity contribution in [1.29, 1.82) is 0 Å². The van der Waals surface area contributed by atoms with Crippen LogP contribution in [0.25, 0.3) is 0 Å². The van der Waals surface area contributed by atoms with Crippen molar-refractivity contribution in [3.63, 3.8) is 0 Å². The number of nitrogens with zero attached hydrogens (tertiary/aromatic N) is 3. The van der Waals surface area contributed by atoms with Gasteiger partial charge in [0.25, 0.3) is 0 Å². The van der Waals surface area contributed by atoms with Crippen LogP contribution in [0, 0.1) is 5.82 Å². The van der Waals surface area contributed by atoms with Gasteiger partial charge in [-0.25, -0.2) is 14.4 Å². The minimum Gasteiger partial charge on any atom is -0.399 e. The van der Waals surface area contributed by atoms with Gasteiger partial charge in [0.2, 0.25) is 0 Å². The van der Waals surface area contributed by atoms with E-state index in [1.807, 2.05) is 49.9 Å². The van der Waals surface area contributed by atoms with Crippen molar-refractivity contribution < 1.29 is 4.39 Å². The third-order valence-corrected chi connectivity index (χ3v) is 3.38. The zero-order valence-electron chi connectivity index (χ0n) is 12.7. The van der Waals surface area contributed by atoms with Gasteiger partial charge in [-0.05, 0) is 38.0 Å². The minimum atomic E-state index is -0.336. The first-order valence-electron chi connectivity index (χ1n) is 7.13. The van der Waals surface area contributed by atoms with Crippen molar-refractivity contribution >= 4 is 11.5 Å². The van der Waals surface area contributed by atoms with E-state index in [0.29, 0.717) is 30.2 Å². The smallest absolute Gasteiger partial charge is 0.187 e. The van der Waals surface area contributed by atoms with Crippen LogP contribution in [-0.2, 0) is 13.0 Å². The molecule has 5 heteroatoms. The van der Waals surface area contributed by atoms with Crippen LogP contribution in [0.2, 0.25) is 0 Å². The molecule has 21 heavy (non-hydrogen) atoms. The quantitative estimate of drug-likeness (QED) is 0.859. The van der Waals surface area contributed by atoms with Crippen molar-refractivity contribution in [1.82, 2.24) is 9.97 Å². The van der Waals surface area contributed by atoms with Crippen molar-refractivity contribution in [2.24, 2.45) is 0 Å². The molecule has 0 radical (unpaired) electrons. The van der Waals surface area contributed by atoms with Gasteiger partial charge >= 0.3 is 0 Å². The number of nitrogens with two attached hydrogens (primary N) is 1. The normalized spacial score (nSPS) is 10.9. The number of hydrogen-bond acceptors (Lipinski definition) is 4. The summed E-state index contributed by atoms with van der Waals surface area (Å²) in [5, 5.41) is 0. The molecule has 0 amide bonds. The van der Waals surface area contributed by atoms with Crippen LogP contribution in [0.4, 0.5) is 15.9 Å². The summed E-state index contributed by atoms with van der Waals surface area (Å²) in [4.78, 5) is 10.0. The number of hydrogen-bond donors (Lipinski definition) is 1. The van der Waals surface area contributed by atoms with Crippen molar-refractivity contribution in [3.05, 3.63) is 47.7 Å². The summed E-state index contributed by atoms with van der Waals surface area (Å²) in [5.41, 5.74) is 7.98. The first-order valence-corrected chi connectivity index (χ1v) is 7.13. The zero-order chi connectivity index (χ0) is 15.4. The van der Waals surface area contributed by atoms with Crippen LogP contribution < -0.4 is 10.6 Å². The van der Waals surface area contributed by atoms with E-state index in [1.54, 1.807) is 0 Å². The monoisotopic (exact) mass is 288 g/mol. The first-order chi connectivity index (χ1) is 10.0. The topological polar surface area (TPSA) is 55.0 Å². The average Bonchev–Trinajstić information content (AvgIpc) is 2.45. The number of aromatic nitrogens is 2. The maximum absolute atomic E-state index is 14.5. The molecule has 0 saturated carbocycles. The lowest BCUT2D eigenvalue weighted by atomic mass is 10.1. The van der Waals surface area contributed by atoms with Crippen LogP contribution in [0.3, 0.4) is 0 Å².